The SMILES string of the molecule is OP(c1cccc(C(F)(F)F)c1)c1cccc(C(F)(F)F)c1. The number of rotatable bonds is 2. The number of alkyl halides is 6. The summed E-state index contributed by atoms with van der Waals surface area (Å²) in [6.45, 7) is 0. The molecule has 0 saturated carbocycles. The molecular weight excluding hydrogens is 329 g/mol. The third kappa shape index (κ3) is 3.78. The molecule has 0 fully saturated rings. The van der Waals surface area contributed by atoms with E-state index in [4.69, 9.17) is 0 Å². The Bertz CT molecular complexity index is 607. The molecule has 2 rings (SSSR count). The largest absolute Gasteiger partial charge is 0.416 e. The predicted octanol–water partition coefficient (Wildman–Crippen LogP) is 4.06. The zero-order valence-corrected chi connectivity index (χ0v) is 11.7. The van der Waals surface area contributed by atoms with Gasteiger partial charge in [0, 0.05) is 10.6 Å². The van der Waals surface area contributed by atoms with Crippen molar-refractivity contribution in [3.8, 4) is 0 Å². The second kappa shape index (κ2) is 5.89. The Morgan fingerprint density at radius 1 is 0.682 bits per heavy atom. The highest BCUT2D eigenvalue weighted by atomic mass is 31.1. The van der Waals surface area contributed by atoms with E-state index in [0.717, 1.165) is 36.4 Å². The molecule has 0 radical (unpaired) electrons. The van der Waals surface area contributed by atoms with Crippen LogP contribution in [0.1, 0.15) is 11.1 Å². The van der Waals surface area contributed by atoms with E-state index in [0.29, 0.717) is 0 Å². The highest BCUT2D eigenvalue weighted by molar-refractivity contribution is 7.67. The van der Waals surface area contributed by atoms with Gasteiger partial charge in [-0.1, -0.05) is 24.3 Å². The van der Waals surface area contributed by atoms with Gasteiger partial charge in [-0.25, -0.2) is 0 Å². The summed E-state index contributed by atoms with van der Waals surface area (Å²) in [6, 6.07) is 7.87. The van der Waals surface area contributed by atoms with Crippen LogP contribution in [0.4, 0.5) is 26.3 Å². The third-order valence-corrected chi connectivity index (χ3v) is 4.37. The van der Waals surface area contributed by atoms with E-state index in [2.05, 4.69) is 0 Å². The molecule has 2 aromatic carbocycles. The van der Waals surface area contributed by atoms with Crippen LogP contribution in [0.2, 0.25) is 0 Å². The minimum Gasteiger partial charge on any atom is -0.364 e. The van der Waals surface area contributed by atoms with Crippen LogP contribution in [-0.4, -0.2) is 4.89 Å². The number of halogens is 6. The summed E-state index contributed by atoms with van der Waals surface area (Å²) >= 11 is 0. The number of hydrogen-bond donors (Lipinski definition) is 1. The molecule has 22 heavy (non-hydrogen) atoms. The molecule has 0 saturated heterocycles. The van der Waals surface area contributed by atoms with E-state index in [1.165, 1.54) is 12.1 Å². The Kier molecular flexibility index (Phi) is 4.49. The van der Waals surface area contributed by atoms with Gasteiger partial charge in [0.05, 0.1) is 19.3 Å². The van der Waals surface area contributed by atoms with E-state index in [9.17, 15) is 31.2 Å². The van der Waals surface area contributed by atoms with Crippen molar-refractivity contribution in [3.63, 3.8) is 0 Å². The second-order valence-electron chi connectivity index (χ2n) is 4.41. The Labute approximate surface area is 123 Å². The molecule has 0 aliphatic rings. The summed E-state index contributed by atoms with van der Waals surface area (Å²) in [4.78, 5) is 10.1. The third-order valence-electron chi connectivity index (χ3n) is 2.84. The second-order valence-corrected chi connectivity index (χ2v) is 6.06. The minimum absolute atomic E-state index is 0.0656. The number of benzene rings is 2. The zero-order valence-electron chi connectivity index (χ0n) is 10.8. The first-order chi connectivity index (χ1) is 10.1. The van der Waals surface area contributed by atoms with Gasteiger partial charge in [0.1, 0.15) is 0 Å². The lowest BCUT2D eigenvalue weighted by Gasteiger charge is -2.15. The molecule has 8 heteroatoms. The van der Waals surface area contributed by atoms with E-state index in [1.54, 1.807) is 0 Å². The van der Waals surface area contributed by atoms with Crippen molar-refractivity contribution < 1.29 is 31.2 Å². The highest BCUT2D eigenvalue weighted by Gasteiger charge is 2.32. The van der Waals surface area contributed by atoms with Crippen molar-refractivity contribution in [1.29, 1.82) is 0 Å². The smallest absolute Gasteiger partial charge is 0.364 e. The summed E-state index contributed by atoms with van der Waals surface area (Å²) in [5.41, 5.74) is -1.92. The van der Waals surface area contributed by atoms with Gasteiger partial charge in [-0.2, -0.15) is 26.3 Å². The molecule has 0 aliphatic carbocycles. The van der Waals surface area contributed by atoms with Crippen LogP contribution in [0.5, 0.6) is 0 Å². The summed E-state index contributed by atoms with van der Waals surface area (Å²) in [6.07, 6.45) is -9.17. The first kappa shape index (κ1) is 16.8. The molecule has 0 atom stereocenters. The molecule has 0 aliphatic heterocycles. The van der Waals surface area contributed by atoms with Gasteiger partial charge in [-0.15, -0.1) is 0 Å². The van der Waals surface area contributed by atoms with E-state index in [-0.39, 0.29) is 10.6 Å². The molecule has 0 bridgehead atoms. The summed E-state index contributed by atoms with van der Waals surface area (Å²) < 4.78 is 75.8. The Morgan fingerprint density at radius 2 is 1.05 bits per heavy atom. The van der Waals surface area contributed by atoms with Crippen LogP contribution in [0, 0.1) is 0 Å². The summed E-state index contributed by atoms with van der Waals surface area (Å²) in [7, 11) is -2.30. The van der Waals surface area contributed by atoms with Gasteiger partial charge in [-0.3, -0.25) is 0 Å². The molecule has 2 aromatic rings. The normalized spacial score (nSPS) is 12.7. The highest BCUT2D eigenvalue weighted by Crippen LogP contribution is 2.35. The van der Waals surface area contributed by atoms with Gasteiger partial charge in [-0.05, 0) is 24.3 Å². The summed E-state index contributed by atoms with van der Waals surface area (Å²) in [5.74, 6) is 0. The molecule has 118 valence electrons. The van der Waals surface area contributed by atoms with E-state index >= 15 is 0 Å². The van der Waals surface area contributed by atoms with E-state index in [1.807, 2.05) is 0 Å². The molecule has 1 nitrogen and oxygen atoms in total. The molecule has 0 spiro atoms. The molecular formula is C14H9F6OP. The van der Waals surface area contributed by atoms with Crippen LogP contribution in [0.3, 0.4) is 0 Å². The lowest BCUT2D eigenvalue weighted by molar-refractivity contribution is -0.138. The number of hydrogen-bond acceptors (Lipinski definition) is 1. The van der Waals surface area contributed by atoms with Crippen LogP contribution < -0.4 is 10.6 Å². The van der Waals surface area contributed by atoms with Crippen LogP contribution >= 0.6 is 8.15 Å². The van der Waals surface area contributed by atoms with Crippen molar-refractivity contribution in [2.45, 2.75) is 12.4 Å². The van der Waals surface area contributed by atoms with Gasteiger partial charge in [0.2, 0.25) is 0 Å². The van der Waals surface area contributed by atoms with Crippen molar-refractivity contribution in [2.24, 2.45) is 0 Å². The monoisotopic (exact) mass is 338 g/mol. The minimum atomic E-state index is -4.58. The van der Waals surface area contributed by atoms with Crippen LogP contribution in [0.15, 0.2) is 48.5 Å². The first-order valence-electron chi connectivity index (χ1n) is 5.92. The van der Waals surface area contributed by atoms with Crippen molar-refractivity contribution in [1.82, 2.24) is 0 Å². The molecule has 0 unspecified atom stereocenters. The van der Waals surface area contributed by atoms with Crippen molar-refractivity contribution in [2.75, 3.05) is 0 Å². The average Bonchev–Trinajstić information content (AvgIpc) is 2.45. The molecule has 0 heterocycles. The maximum atomic E-state index is 12.6. The molecule has 1 N–H and O–H groups in total. The zero-order chi connectivity index (χ0) is 16.5. The molecule has 0 amide bonds. The molecule has 0 aromatic heterocycles. The Morgan fingerprint density at radius 3 is 1.36 bits per heavy atom. The van der Waals surface area contributed by atoms with Gasteiger partial charge in [0.25, 0.3) is 0 Å². The first-order valence-corrected chi connectivity index (χ1v) is 7.22. The predicted molar refractivity (Wildman–Crippen MR) is 71.3 cm³/mol. The lowest BCUT2D eigenvalue weighted by atomic mass is 10.2. The lowest BCUT2D eigenvalue weighted by Crippen LogP contribution is -2.16. The fourth-order valence-electron chi connectivity index (χ4n) is 1.78. The van der Waals surface area contributed by atoms with Gasteiger partial charge in [0.15, 0.2) is 0 Å². The Hall–Kier alpha value is -1.59. The standard InChI is InChI=1S/C14H9F6OP/c15-13(16,17)9-3-1-5-11(7-9)22(21)12-6-2-4-10(8-12)14(18,19)20/h1-8,21H. The fourth-order valence-corrected chi connectivity index (χ4v) is 3.05. The Balaban J connectivity index is 2.38. The average molecular weight is 338 g/mol. The van der Waals surface area contributed by atoms with Crippen molar-refractivity contribution in [3.05, 3.63) is 59.7 Å². The van der Waals surface area contributed by atoms with E-state index < -0.39 is 31.6 Å². The van der Waals surface area contributed by atoms with Crippen LogP contribution in [0.25, 0.3) is 0 Å². The maximum Gasteiger partial charge on any atom is 0.416 e. The fraction of sp³-hybridized carbons (Fsp3) is 0.143. The summed E-state index contributed by atoms with van der Waals surface area (Å²) in [5, 5.41) is -0.131. The quantitative estimate of drug-likeness (QED) is 0.647. The maximum absolute atomic E-state index is 12.6. The topological polar surface area (TPSA) is 20.2 Å². The van der Waals surface area contributed by atoms with Crippen molar-refractivity contribution >= 4 is 18.8 Å². The van der Waals surface area contributed by atoms with Crippen LogP contribution in [-0.2, 0) is 12.4 Å². The van der Waals surface area contributed by atoms with Gasteiger partial charge < -0.3 is 4.89 Å². The van der Waals surface area contributed by atoms with Gasteiger partial charge >= 0.3 is 12.4 Å².